The number of likely N-dealkylation sites (N-methyl/N-ethyl adjacent to an activating group) is 1. The molecule has 1 fully saturated rings. The molecule has 40 heavy (non-hydrogen) atoms. The SMILES string of the molecule is CN1CC(n2c3cc(-c4cncc(OS(=O)(=O)F)c4)c(C(F)(F)F)cc3c(=O)c3c4ccc(C#N)cc4[nH]c32)C1. The first-order chi connectivity index (χ1) is 18.8. The van der Waals surface area contributed by atoms with E-state index in [2.05, 4.69) is 14.2 Å². The van der Waals surface area contributed by atoms with Gasteiger partial charge in [0.15, 0.2) is 11.2 Å². The normalized spacial score (nSPS) is 15.0. The van der Waals surface area contributed by atoms with Crippen LogP contribution in [0.2, 0.25) is 0 Å². The van der Waals surface area contributed by atoms with E-state index in [9.17, 15) is 35.5 Å². The van der Waals surface area contributed by atoms with E-state index in [-0.39, 0.29) is 27.9 Å². The van der Waals surface area contributed by atoms with Crippen LogP contribution in [0, 0.1) is 11.3 Å². The number of halogens is 4. The Morgan fingerprint density at radius 2 is 1.88 bits per heavy atom. The Hall–Kier alpha value is -4.48. The van der Waals surface area contributed by atoms with Crippen molar-refractivity contribution in [3.63, 3.8) is 0 Å². The van der Waals surface area contributed by atoms with Gasteiger partial charge in [0.2, 0.25) is 0 Å². The van der Waals surface area contributed by atoms with Crippen molar-refractivity contribution in [3.8, 4) is 22.9 Å². The Balaban J connectivity index is 1.73. The fourth-order valence-corrected chi connectivity index (χ4v) is 5.62. The minimum Gasteiger partial charge on any atom is -0.357 e. The average Bonchev–Trinajstić information content (AvgIpc) is 3.24. The lowest BCUT2D eigenvalue weighted by molar-refractivity contribution is -0.137. The van der Waals surface area contributed by atoms with Gasteiger partial charge in [-0.2, -0.15) is 26.9 Å². The van der Waals surface area contributed by atoms with Crippen molar-refractivity contribution in [1.82, 2.24) is 19.4 Å². The maximum Gasteiger partial charge on any atom is 0.488 e. The third kappa shape index (κ3) is 4.23. The Labute approximate surface area is 223 Å². The number of benzene rings is 2. The predicted molar refractivity (Wildman–Crippen MR) is 138 cm³/mol. The number of alkyl halides is 3. The van der Waals surface area contributed by atoms with Crippen LogP contribution in [-0.4, -0.2) is 48.0 Å². The lowest BCUT2D eigenvalue weighted by atomic mass is 9.96. The van der Waals surface area contributed by atoms with Crippen LogP contribution >= 0.6 is 0 Å². The summed E-state index contributed by atoms with van der Waals surface area (Å²) in [7, 11) is -3.57. The number of pyridine rings is 2. The van der Waals surface area contributed by atoms with Crippen molar-refractivity contribution in [2.75, 3.05) is 20.1 Å². The van der Waals surface area contributed by atoms with Crippen molar-refractivity contribution in [1.29, 1.82) is 5.26 Å². The van der Waals surface area contributed by atoms with Crippen molar-refractivity contribution in [3.05, 3.63) is 70.1 Å². The highest BCUT2D eigenvalue weighted by atomic mass is 32.3. The van der Waals surface area contributed by atoms with E-state index in [0.29, 0.717) is 35.2 Å². The van der Waals surface area contributed by atoms with Gasteiger partial charge in [-0.15, -0.1) is 0 Å². The van der Waals surface area contributed by atoms with Crippen molar-refractivity contribution in [2.24, 2.45) is 0 Å². The number of hydrogen-bond acceptors (Lipinski definition) is 7. The number of nitriles is 1. The first-order valence-electron chi connectivity index (χ1n) is 11.8. The van der Waals surface area contributed by atoms with Crippen LogP contribution in [0.4, 0.5) is 17.1 Å². The quantitative estimate of drug-likeness (QED) is 0.246. The zero-order chi connectivity index (χ0) is 28.6. The maximum absolute atomic E-state index is 14.4. The zero-order valence-corrected chi connectivity index (χ0v) is 21.3. The van der Waals surface area contributed by atoms with Gasteiger partial charge in [0, 0.05) is 41.1 Å². The van der Waals surface area contributed by atoms with E-state index in [0.717, 1.165) is 24.5 Å². The molecular formula is C26H17F4N5O4S. The van der Waals surface area contributed by atoms with Crippen molar-refractivity contribution in [2.45, 2.75) is 12.2 Å². The fraction of sp³-hybridized carbons (Fsp3) is 0.192. The zero-order valence-electron chi connectivity index (χ0n) is 20.5. The van der Waals surface area contributed by atoms with Crippen LogP contribution in [0.3, 0.4) is 0 Å². The molecule has 1 aliphatic rings. The molecule has 1 aliphatic heterocycles. The molecule has 0 aliphatic carbocycles. The number of likely N-dealkylation sites (tertiary alicyclic amines) is 1. The molecule has 0 amide bonds. The Morgan fingerprint density at radius 3 is 2.52 bits per heavy atom. The molecule has 0 spiro atoms. The molecule has 0 atom stereocenters. The van der Waals surface area contributed by atoms with Gasteiger partial charge in [-0.3, -0.25) is 9.78 Å². The highest BCUT2D eigenvalue weighted by Crippen LogP contribution is 2.41. The van der Waals surface area contributed by atoms with E-state index in [4.69, 9.17) is 0 Å². The van der Waals surface area contributed by atoms with Gasteiger partial charge in [0.25, 0.3) is 0 Å². The molecule has 4 heterocycles. The number of nitrogens with zero attached hydrogens (tertiary/aromatic N) is 4. The second-order valence-electron chi connectivity index (χ2n) is 9.59. The third-order valence-corrected chi connectivity index (χ3v) is 7.34. The van der Waals surface area contributed by atoms with Crippen LogP contribution in [0.1, 0.15) is 17.2 Å². The lowest BCUT2D eigenvalue weighted by Gasteiger charge is -2.39. The fourth-order valence-electron chi connectivity index (χ4n) is 5.30. The summed E-state index contributed by atoms with van der Waals surface area (Å²) in [5.74, 6) is -0.620. The summed E-state index contributed by atoms with van der Waals surface area (Å²) in [4.78, 5) is 22.7. The highest BCUT2D eigenvalue weighted by Gasteiger charge is 2.36. The second-order valence-corrected chi connectivity index (χ2v) is 10.5. The minimum atomic E-state index is -5.45. The number of H-pyrrole nitrogens is 1. The van der Waals surface area contributed by atoms with Crippen molar-refractivity contribution < 1.29 is 29.7 Å². The highest BCUT2D eigenvalue weighted by molar-refractivity contribution is 7.81. The average molecular weight is 572 g/mol. The Morgan fingerprint density at radius 1 is 1.12 bits per heavy atom. The van der Waals surface area contributed by atoms with Crippen molar-refractivity contribution >= 4 is 43.3 Å². The van der Waals surface area contributed by atoms with Gasteiger partial charge in [-0.25, -0.2) is 0 Å². The monoisotopic (exact) mass is 571 g/mol. The van der Waals surface area contributed by atoms with E-state index >= 15 is 0 Å². The van der Waals surface area contributed by atoms with E-state index < -0.39 is 39.0 Å². The van der Waals surface area contributed by atoms with Crippen LogP contribution in [0.15, 0.2) is 53.6 Å². The van der Waals surface area contributed by atoms with Gasteiger partial charge in [-0.1, -0.05) is 9.95 Å². The molecule has 0 unspecified atom stereocenters. The van der Waals surface area contributed by atoms with E-state index in [1.54, 1.807) is 16.7 Å². The van der Waals surface area contributed by atoms with Gasteiger partial charge in [0.1, 0.15) is 5.65 Å². The number of fused-ring (bicyclic) bond motifs is 4. The summed E-state index contributed by atoms with van der Waals surface area (Å²) in [6.45, 7) is 1.11. The lowest BCUT2D eigenvalue weighted by Crippen LogP contribution is -2.45. The van der Waals surface area contributed by atoms with Crippen LogP contribution in [0.25, 0.3) is 44.0 Å². The van der Waals surface area contributed by atoms with E-state index in [1.165, 1.54) is 12.1 Å². The number of nitrogens with one attached hydrogen (secondary N) is 1. The molecule has 1 saturated heterocycles. The van der Waals surface area contributed by atoms with Gasteiger partial charge in [0.05, 0.1) is 40.3 Å². The molecule has 0 radical (unpaired) electrons. The van der Waals surface area contributed by atoms with Gasteiger partial charge in [-0.05, 0) is 42.9 Å². The molecule has 9 nitrogen and oxygen atoms in total. The topological polar surface area (TPSA) is 121 Å². The number of aromatic nitrogens is 3. The molecule has 2 aromatic carbocycles. The standard InChI is InChI=1S/C26H17F4N5O4S/c1-34-11-15(12-34)35-22-7-18(14-5-16(10-32-9-14)39-40(30,37)38)20(26(27,28)29)6-19(22)24(36)23-17-3-2-13(8-31)4-21(17)33-25(23)35/h2-7,9-10,15,33H,11-12H2,1H3. The minimum absolute atomic E-state index is 0.171. The molecule has 204 valence electrons. The predicted octanol–water partition coefficient (Wildman–Crippen LogP) is 4.67. The molecule has 5 aromatic rings. The van der Waals surface area contributed by atoms with Crippen LogP contribution in [0.5, 0.6) is 5.75 Å². The summed E-state index contributed by atoms with van der Waals surface area (Å²) in [6.07, 6.45) is -3.02. The first-order valence-corrected chi connectivity index (χ1v) is 13.1. The van der Waals surface area contributed by atoms with Crippen LogP contribution < -0.4 is 9.61 Å². The molecular weight excluding hydrogens is 554 g/mol. The molecule has 3 aromatic heterocycles. The van der Waals surface area contributed by atoms with Gasteiger partial charge < -0.3 is 18.6 Å². The Bertz CT molecular complexity index is 2070. The first kappa shape index (κ1) is 25.8. The summed E-state index contributed by atoms with van der Waals surface area (Å²) in [6, 6.07) is 9.42. The third-order valence-electron chi connectivity index (χ3n) is 6.95. The molecule has 6 rings (SSSR count). The maximum atomic E-state index is 14.4. The summed E-state index contributed by atoms with van der Waals surface area (Å²) < 4.78 is 84.1. The summed E-state index contributed by atoms with van der Waals surface area (Å²) in [5.41, 5.74) is -0.964. The molecule has 0 saturated carbocycles. The molecule has 14 heteroatoms. The molecule has 0 bridgehead atoms. The van der Waals surface area contributed by atoms with Gasteiger partial charge >= 0.3 is 16.7 Å². The Kier molecular flexibility index (Phi) is 5.65. The number of rotatable bonds is 4. The number of hydrogen-bond donors (Lipinski definition) is 1. The van der Waals surface area contributed by atoms with E-state index in [1.807, 2.05) is 18.0 Å². The van der Waals surface area contributed by atoms with Crippen LogP contribution in [-0.2, 0) is 16.7 Å². The summed E-state index contributed by atoms with van der Waals surface area (Å²) >= 11 is 0. The largest absolute Gasteiger partial charge is 0.488 e. The smallest absolute Gasteiger partial charge is 0.357 e. The number of aromatic amines is 1. The summed E-state index contributed by atoms with van der Waals surface area (Å²) in [5, 5.41) is 9.82. The second kappa shape index (κ2) is 8.77. The molecule has 1 N–H and O–H groups in total.